The van der Waals surface area contributed by atoms with E-state index < -0.39 is 0 Å². The van der Waals surface area contributed by atoms with Crippen molar-refractivity contribution in [2.45, 2.75) is 45.0 Å². The van der Waals surface area contributed by atoms with Crippen LogP contribution in [-0.2, 0) is 14.3 Å². The Kier molecular flexibility index (Phi) is 2.05. The van der Waals surface area contributed by atoms with Crippen molar-refractivity contribution in [3.8, 4) is 0 Å². The third-order valence-corrected chi connectivity index (χ3v) is 5.42. The van der Waals surface area contributed by atoms with Crippen LogP contribution in [0.5, 0.6) is 0 Å². The molecule has 5 rings (SSSR count). The normalized spacial score (nSPS) is 38.1. The number of rotatable bonds is 0. The summed E-state index contributed by atoms with van der Waals surface area (Å²) in [6.07, 6.45) is 1.27. The van der Waals surface area contributed by atoms with E-state index in [0.29, 0.717) is 6.42 Å². The van der Waals surface area contributed by atoms with Gasteiger partial charge in [0.1, 0.15) is 5.76 Å². The van der Waals surface area contributed by atoms with Crippen LogP contribution in [0.25, 0.3) is 0 Å². The topological polar surface area (TPSA) is 35.5 Å². The molecule has 0 aromatic heterocycles. The van der Waals surface area contributed by atoms with Crippen LogP contribution in [0.4, 0.5) is 0 Å². The van der Waals surface area contributed by atoms with Crippen LogP contribution in [0.1, 0.15) is 49.8 Å². The van der Waals surface area contributed by atoms with Gasteiger partial charge in [0.2, 0.25) is 6.29 Å². The van der Waals surface area contributed by atoms with Crippen LogP contribution in [0.15, 0.2) is 35.6 Å². The van der Waals surface area contributed by atoms with Gasteiger partial charge in [-0.3, -0.25) is 4.79 Å². The second-order valence-electron chi connectivity index (χ2n) is 7.50. The highest BCUT2D eigenvalue weighted by Crippen LogP contribution is 2.63. The van der Waals surface area contributed by atoms with Gasteiger partial charge in [-0.2, -0.15) is 0 Å². The summed E-state index contributed by atoms with van der Waals surface area (Å²) in [4.78, 5) is 12.7. The van der Waals surface area contributed by atoms with Crippen molar-refractivity contribution >= 4 is 5.78 Å². The Labute approximate surface area is 123 Å². The van der Waals surface area contributed by atoms with Crippen molar-refractivity contribution in [1.29, 1.82) is 0 Å². The number of Topliss-reactive ketones (excluding diaryl/α,β-unsaturated/α-hetero) is 1. The number of ketones is 1. The van der Waals surface area contributed by atoms with Gasteiger partial charge in [-0.15, -0.1) is 0 Å². The first kappa shape index (κ1) is 12.0. The number of allylic oxidation sites excluding steroid dienone is 1. The lowest BCUT2D eigenvalue weighted by Crippen LogP contribution is -2.36. The molecule has 0 unspecified atom stereocenters. The van der Waals surface area contributed by atoms with Gasteiger partial charge in [0.15, 0.2) is 5.78 Å². The smallest absolute Gasteiger partial charge is 0.207 e. The monoisotopic (exact) mass is 282 g/mol. The van der Waals surface area contributed by atoms with Crippen LogP contribution in [0.3, 0.4) is 0 Å². The van der Waals surface area contributed by atoms with E-state index in [1.165, 1.54) is 11.1 Å². The molecule has 4 aliphatic rings. The number of hydrogen-bond acceptors (Lipinski definition) is 3. The molecule has 4 atom stereocenters. The lowest BCUT2D eigenvalue weighted by Gasteiger charge is -2.38. The van der Waals surface area contributed by atoms with Gasteiger partial charge in [-0.25, -0.2) is 0 Å². The Bertz CT molecular complexity index is 700. The van der Waals surface area contributed by atoms with E-state index in [9.17, 15) is 4.79 Å². The number of benzene rings is 1. The zero-order chi connectivity index (χ0) is 14.4. The van der Waals surface area contributed by atoms with Crippen LogP contribution in [0.2, 0.25) is 0 Å². The summed E-state index contributed by atoms with van der Waals surface area (Å²) >= 11 is 0. The van der Waals surface area contributed by atoms with Crippen molar-refractivity contribution in [2.75, 3.05) is 0 Å². The minimum atomic E-state index is -0.199. The minimum absolute atomic E-state index is 0.00139. The lowest BCUT2D eigenvalue weighted by atomic mass is 9.70. The van der Waals surface area contributed by atoms with Gasteiger partial charge in [0, 0.05) is 24.3 Å². The third-order valence-electron chi connectivity index (χ3n) is 5.42. The third kappa shape index (κ3) is 1.40. The summed E-state index contributed by atoms with van der Waals surface area (Å²) in [7, 11) is 0. The van der Waals surface area contributed by atoms with E-state index in [1.807, 2.05) is 0 Å². The molecule has 0 N–H and O–H groups in total. The summed E-state index contributed by atoms with van der Waals surface area (Å²) in [5.41, 5.74) is 3.49. The number of carbonyl (C=O) groups is 1. The van der Waals surface area contributed by atoms with E-state index in [2.05, 4.69) is 38.1 Å². The lowest BCUT2D eigenvalue weighted by molar-refractivity contribution is -0.130. The average Bonchev–Trinajstić information content (AvgIpc) is 2.86. The first-order chi connectivity index (χ1) is 10.1. The number of carbonyl (C=O) groups excluding carboxylic acids is 1. The quantitative estimate of drug-likeness (QED) is 0.731. The maximum Gasteiger partial charge on any atom is 0.207 e. The second kappa shape index (κ2) is 3.58. The summed E-state index contributed by atoms with van der Waals surface area (Å²) in [6, 6.07) is 8.41. The molecule has 1 fully saturated rings. The van der Waals surface area contributed by atoms with Crippen molar-refractivity contribution in [2.24, 2.45) is 11.3 Å². The zero-order valence-corrected chi connectivity index (χ0v) is 12.3. The molecule has 108 valence electrons. The standard InChI is InChI=1S/C18H18O3/c1-18(2)7-11(19)14-12(8-18)20-17-13-9-5-3-4-6-10(9)16(21-17)15(13)14/h3-6,13,15-17H,7-8H2,1-2H3/t13-,15+,16+,17-/m0/s1. The van der Waals surface area contributed by atoms with E-state index in [4.69, 9.17) is 9.47 Å². The summed E-state index contributed by atoms with van der Waals surface area (Å²) in [5.74, 6) is 1.55. The maximum atomic E-state index is 12.7. The van der Waals surface area contributed by atoms with Crippen molar-refractivity contribution in [3.63, 3.8) is 0 Å². The molecule has 0 radical (unpaired) electrons. The van der Waals surface area contributed by atoms with Crippen molar-refractivity contribution in [1.82, 2.24) is 0 Å². The van der Waals surface area contributed by atoms with Crippen LogP contribution in [-0.4, -0.2) is 12.1 Å². The number of fused-ring (bicyclic) bond motifs is 2. The second-order valence-corrected chi connectivity index (χ2v) is 7.50. The Hall–Kier alpha value is -1.61. The SMILES string of the molecule is CC1(C)CC(=O)C2=C(C1)O[C@H]1O[C@@H]3c4ccccc4[C@H]1[C@H]23. The molecule has 2 aliphatic carbocycles. The highest BCUT2D eigenvalue weighted by atomic mass is 16.7. The summed E-state index contributed by atoms with van der Waals surface area (Å²) in [5, 5.41) is 0. The first-order valence-corrected chi connectivity index (χ1v) is 7.72. The van der Waals surface area contributed by atoms with Crippen LogP contribution < -0.4 is 0 Å². The van der Waals surface area contributed by atoms with Crippen molar-refractivity contribution < 1.29 is 14.3 Å². The molecule has 3 nitrogen and oxygen atoms in total. The molecule has 4 bridgehead atoms. The van der Waals surface area contributed by atoms with Gasteiger partial charge >= 0.3 is 0 Å². The molecule has 1 aromatic carbocycles. The predicted molar refractivity (Wildman–Crippen MR) is 76.4 cm³/mol. The zero-order valence-electron chi connectivity index (χ0n) is 12.3. The highest BCUT2D eigenvalue weighted by Gasteiger charge is 2.60. The van der Waals surface area contributed by atoms with E-state index in [0.717, 1.165) is 17.8 Å². The largest absolute Gasteiger partial charge is 0.468 e. The van der Waals surface area contributed by atoms with Gasteiger partial charge in [0.05, 0.1) is 12.0 Å². The molecule has 1 aromatic rings. The van der Waals surface area contributed by atoms with E-state index in [1.54, 1.807) is 0 Å². The Morgan fingerprint density at radius 3 is 2.67 bits per heavy atom. The van der Waals surface area contributed by atoms with Gasteiger partial charge in [0.25, 0.3) is 0 Å². The van der Waals surface area contributed by atoms with Gasteiger partial charge in [-0.1, -0.05) is 38.1 Å². The molecule has 1 saturated heterocycles. The van der Waals surface area contributed by atoms with E-state index in [-0.39, 0.29) is 35.4 Å². The molecule has 0 saturated carbocycles. The minimum Gasteiger partial charge on any atom is -0.468 e. The fourth-order valence-corrected chi connectivity index (χ4v) is 4.68. The average molecular weight is 282 g/mol. The molecule has 0 spiro atoms. The fraction of sp³-hybridized carbons (Fsp3) is 0.500. The molecule has 2 aliphatic heterocycles. The summed E-state index contributed by atoms with van der Waals surface area (Å²) in [6.45, 7) is 4.28. The van der Waals surface area contributed by atoms with Crippen LogP contribution >= 0.6 is 0 Å². The molecular weight excluding hydrogens is 264 g/mol. The summed E-state index contributed by atoms with van der Waals surface area (Å²) < 4.78 is 12.2. The molecule has 0 amide bonds. The number of hydrogen-bond donors (Lipinski definition) is 0. The predicted octanol–water partition coefficient (Wildman–Crippen LogP) is 3.47. The fourth-order valence-electron chi connectivity index (χ4n) is 4.68. The van der Waals surface area contributed by atoms with Crippen LogP contribution in [0, 0.1) is 11.3 Å². The van der Waals surface area contributed by atoms with Gasteiger partial charge < -0.3 is 9.47 Å². The molecule has 2 heterocycles. The Balaban J connectivity index is 1.67. The molecular formula is C18H18O3. The maximum absolute atomic E-state index is 12.7. The Morgan fingerprint density at radius 1 is 1.10 bits per heavy atom. The highest BCUT2D eigenvalue weighted by molar-refractivity contribution is 5.98. The molecule has 21 heavy (non-hydrogen) atoms. The van der Waals surface area contributed by atoms with Gasteiger partial charge in [-0.05, 0) is 16.5 Å². The van der Waals surface area contributed by atoms with Crippen molar-refractivity contribution in [3.05, 3.63) is 46.7 Å². The molecule has 3 heteroatoms. The Morgan fingerprint density at radius 2 is 1.86 bits per heavy atom. The first-order valence-electron chi connectivity index (χ1n) is 7.72. The number of ether oxygens (including phenoxy) is 2. The van der Waals surface area contributed by atoms with E-state index >= 15 is 0 Å².